The molecule has 0 amide bonds. The van der Waals surface area contributed by atoms with Crippen molar-refractivity contribution in [2.24, 2.45) is 0 Å². The zero-order chi connectivity index (χ0) is 31.0. The third kappa shape index (κ3) is 6.85. The van der Waals surface area contributed by atoms with E-state index in [1.165, 1.54) is 53.4 Å². The van der Waals surface area contributed by atoms with Crippen molar-refractivity contribution in [3.63, 3.8) is 0 Å². The molecule has 0 atom stereocenters. The van der Waals surface area contributed by atoms with E-state index in [0.29, 0.717) is 0 Å². The van der Waals surface area contributed by atoms with E-state index in [2.05, 4.69) is 206 Å². The van der Waals surface area contributed by atoms with E-state index >= 15 is 0 Å². The lowest BCUT2D eigenvalue weighted by molar-refractivity contribution is 1.74. The largest absolute Gasteiger partial charge is 0.0622 e. The Labute approximate surface area is 274 Å². The molecule has 8 rings (SSSR count). The molecule has 0 unspecified atom stereocenters. The van der Waals surface area contributed by atoms with Gasteiger partial charge in [-0.05, 0) is 81.3 Å². The van der Waals surface area contributed by atoms with Crippen molar-refractivity contribution in [3.8, 4) is 0 Å². The Hall–Kier alpha value is -4.86. The third-order valence-electron chi connectivity index (χ3n) is 8.04. The molecule has 0 aliphatic carbocycles. The van der Waals surface area contributed by atoms with E-state index in [0.717, 1.165) is 0 Å². The Bertz CT molecular complexity index is 1910. The average molecular weight is 625 g/mol. The molecular formula is C44H34P2. The van der Waals surface area contributed by atoms with E-state index in [1.54, 1.807) is 0 Å². The summed E-state index contributed by atoms with van der Waals surface area (Å²) >= 11 is 0. The van der Waals surface area contributed by atoms with Crippen LogP contribution in [-0.2, 0) is 0 Å². The van der Waals surface area contributed by atoms with Gasteiger partial charge in [0.2, 0.25) is 0 Å². The Morgan fingerprint density at radius 2 is 0.457 bits per heavy atom. The Balaban J connectivity index is 0.000000147. The second-order valence-corrected chi connectivity index (χ2v) is 15.5. The summed E-state index contributed by atoms with van der Waals surface area (Å²) < 4.78 is 0. The van der Waals surface area contributed by atoms with Gasteiger partial charge in [0, 0.05) is 0 Å². The predicted molar refractivity (Wildman–Crippen MR) is 205 cm³/mol. The second-order valence-electron chi connectivity index (χ2n) is 11.1. The molecule has 8 aromatic carbocycles. The van der Waals surface area contributed by atoms with Crippen LogP contribution >= 0.6 is 15.8 Å². The number of fused-ring (bicyclic) bond motifs is 2. The van der Waals surface area contributed by atoms with Gasteiger partial charge in [0.1, 0.15) is 0 Å². The Morgan fingerprint density at radius 3 is 0.761 bits per heavy atom. The fourth-order valence-electron chi connectivity index (χ4n) is 5.83. The fourth-order valence-corrected chi connectivity index (χ4v) is 10.5. The van der Waals surface area contributed by atoms with Gasteiger partial charge in [0.15, 0.2) is 0 Å². The standard InChI is InChI=1S/2C22H17P/c2*1-3-11-20(12-4-1)23(21-13-5-2-6-14-21)22-16-15-18-9-7-8-10-19(18)17-22/h2*1-17H. The van der Waals surface area contributed by atoms with Gasteiger partial charge in [0.25, 0.3) is 0 Å². The van der Waals surface area contributed by atoms with E-state index in [4.69, 9.17) is 0 Å². The first-order valence-electron chi connectivity index (χ1n) is 15.6. The van der Waals surface area contributed by atoms with Crippen molar-refractivity contribution in [2.45, 2.75) is 0 Å². The van der Waals surface area contributed by atoms with Crippen LogP contribution in [0.3, 0.4) is 0 Å². The summed E-state index contributed by atoms with van der Waals surface area (Å²) in [5, 5.41) is 13.6. The van der Waals surface area contributed by atoms with Gasteiger partial charge < -0.3 is 0 Å². The maximum Gasteiger partial charge on any atom is -0.0134 e. The van der Waals surface area contributed by atoms with Crippen molar-refractivity contribution in [1.29, 1.82) is 0 Å². The summed E-state index contributed by atoms with van der Waals surface area (Å²) in [5.41, 5.74) is 0. The predicted octanol–water partition coefficient (Wildman–Crippen LogP) is 9.20. The van der Waals surface area contributed by atoms with Crippen LogP contribution in [0.15, 0.2) is 206 Å². The zero-order valence-corrected chi connectivity index (χ0v) is 27.3. The smallest absolute Gasteiger partial charge is 0.0134 e. The van der Waals surface area contributed by atoms with E-state index < -0.39 is 15.8 Å². The maximum atomic E-state index is 2.35. The van der Waals surface area contributed by atoms with Crippen molar-refractivity contribution < 1.29 is 0 Å². The summed E-state index contributed by atoms with van der Waals surface area (Å²) in [6.45, 7) is 0. The summed E-state index contributed by atoms with van der Waals surface area (Å²) in [6.07, 6.45) is 0. The van der Waals surface area contributed by atoms with Gasteiger partial charge in [-0.15, -0.1) is 0 Å². The lowest BCUT2D eigenvalue weighted by atomic mass is 10.1. The van der Waals surface area contributed by atoms with Crippen LogP contribution in [0.2, 0.25) is 0 Å². The normalized spacial score (nSPS) is 11.0. The number of hydrogen-bond acceptors (Lipinski definition) is 0. The first kappa shape index (κ1) is 29.8. The van der Waals surface area contributed by atoms with Crippen molar-refractivity contribution in [3.05, 3.63) is 206 Å². The molecule has 8 aromatic rings. The van der Waals surface area contributed by atoms with Crippen molar-refractivity contribution >= 4 is 69.2 Å². The summed E-state index contributed by atoms with van der Waals surface area (Å²) in [6, 6.07) is 74.3. The van der Waals surface area contributed by atoms with Gasteiger partial charge in [-0.3, -0.25) is 0 Å². The molecule has 0 heterocycles. The molecule has 0 saturated carbocycles. The van der Waals surface area contributed by atoms with Crippen LogP contribution in [-0.4, -0.2) is 0 Å². The first-order chi connectivity index (χ1) is 22.8. The highest BCUT2D eigenvalue weighted by Crippen LogP contribution is 2.34. The van der Waals surface area contributed by atoms with Gasteiger partial charge >= 0.3 is 0 Å². The Morgan fingerprint density at radius 1 is 0.196 bits per heavy atom. The van der Waals surface area contributed by atoms with Gasteiger partial charge in [-0.2, -0.15) is 0 Å². The summed E-state index contributed by atoms with van der Waals surface area (Å²) in [5.74, 6) is 0. The topological polar surface area (TPSA) is 0 Å². The average Bonchev–Trinajstić information content (AvgIpc) is 3.14. The second kappa shape index (κ2) is 14.5. The minimum absolute atomic E-state index is 0.519. The maximum absolute atomic E-state index is 2.35. The Kier molecular flexibility index (Phi) is 9.40. The minimum atomic E-state index is -0.519. The lowest BCUT2D eigenvalue weighted by Crippen LogP contribution is -2.20. The highest BCUT2D eigenvalue weighted by molar-refractivity contribution is 7.80. The summed E-state index contributed by atoms with van der Waals surface area (Å²) in [7, 11) is -1.04. The molecule has 0 aliphatic heterocycles. The molecule has 0 radical (unpaired) electrons. The molecule has 46 heavy (non-hydrogen) atoms. The molecule has 0 nitrogen and oxygen atoms in total. The highest BCUT2D eigenvalue weighted by Gasteiger charge is 2.17. The SMILES string of the molecule is c1ccc(P(c2ccccc2)c2ccc3ccccc3c2)cc1.c1ccc(P(c2ccccc2)c2ccc3ccccc3c2)cc1. The molecule has 0 bridgehead atoms. The molecular weight excluding hydrogens is 590 g/mol. The molecule has 0 spiro atoms. The third-order valence-corrected chi connectivity index (χ3v) is 12.9. The monoisotopic (exact) mass is 624 g/mol. The molecule has 2 heteroatoms. The van der Waals surface area contributed by atoms with Gasteiger partial charge in [0.05, 0.1) is 0 Å². The highest BCUT2D eigenvalue weighted by atomic mass is 31.1. The lowest BCUT2D eigenvalue weighted by Gasteiger charge is -2.19. The van der Waals surface area contributed by atoms with E-state index in [-0.39, 0.29) is 0 Å². The van der Waals surface area contributed by atoms with Crippen LogP contribution in [0.5, 0.6) is 0 Å². The number of rotatable bonds is 6. The van der Waals surface area contributed by atoms with E-state index in [1.807, 2.05) is 0 Å². The van der Waals surface area contributed by atoms with Crippen molar-refractivity contribution in [2.75, 3.05) is 0 Å². The first-order valence-corrected chi connectivity index (χ1v) is 18.3. The van der Waals surface area contributed by atoms with Gasteiger partial charge in [-0.1, -0.05) is 194 Å². The van der Waals surface area contributed by atoms with Crippen LogP contribution in [0.1, 0.15) is 0 Å². The van der Waals surface area contributed by atoms with Crippen LogP contribution in [0.25, 0.3) is 21.5 Å². The van der Waals surface area contributed by atoms with E-state index in [9.17, 15) is 0 Å². The summed E-state index contributed by atoms with van der Waals surface area (Å²) in [4.78, 5) is 0. The van der Waals surface area contributed by atoms with Crippen LogP contribution in [0, 0.1) is 0 Å². The van der Waals surface area contributed by atoms with Crippen LogP contribution in [0.4, 0.5) is 0 Å². The zero-order valence-electron chi connectivity index (χ0n) is 25.5. The quantitative estimate of drug-likeness (QED) is 0.162. The molecule has 0 saturated heterocycles. The fraction of sp³-hybridized carbons (Fsp3) is 0. The number of hydrogen-bond donors (Lipinski definition) is 0. The molecule has 0 N–H and O–H groups in total. The molecule has 0 aliphatic rings. The molecule has 0 aromatic heterocycles. The number of benzene rings is 8. The minimum Gasteiger partial charge on any atom is -0.0622 e. The van der Waals surface area contributed by atoms with Crippen molar-refractivity contribution in [1.82, 2.24) is 0 Å². The molecule has 0 fully saturated rings. The molecule has 220 valence electrons. The van der Waals surface area contributed by atoms with Crippen LogP contribution < -0.4 is 31.8 Å². The van der Waals surface area contributed by atoms with Gasteiger partial charge in [-0.25, -0.2) is 0 Å².